The van der Waals surface area contributed by atoms with Crippen LogP contribution in [-0.2, 0) is 7.05 Å². The molecule has 0 saturated heterocycles. The first-order valence-corrected chi connectivity index (χ1v) is 6.59. The summed E-state index contributed by atoms with van der Waals surface area (Å²) in [6, 6.07) is 4.99. The first kappa shape index (κ1) is 13.7. The summed E-state index contributed by atoms with van der Waals surface area (Å²) in [5.41, 5.74) is 3.14. The summed E-state index contributed by atoms with van der Waals surface area (Å²) in [4.78, 5) is 4.17. The molecule has 0 bridgehead atoms. The van der Waals surface area contributed by atoms with Crippen molar-refractivity contribution in [2.24, 2.45) is 7.05 Å². The van der Waals surface area contributed by atoms with Gasteiger partial charge in [0.1, 0.15) is 5.82 Å². The van der Waals surface area contributed by atoms with Crippen molar-refractivity contribution >= 4 is 0 Å². The van der Waals surface area contributed by atoms with Gasteiger partial charge in [-0.2, -0.15) is 0 Å². The van der Waals surface area contributed by atoms with Crippen LogP contribution >= 0.6 is 0 Å². The molecule has 0 aliphatic rings. The van der Waals surface area contributed by atoms with Crippen LogP contribution in [0, 0.1) is 12.7 Å². The number of benzene rings is 1. The molecule has 102 valence electrons. The van der Waals surface area contributed by atoms with Crippen molar-refractivity contribution in [2.75, 3.05) is 6.54 Å². The van der Waals surface area contributed by atoms with Crippen LogP contribution < -0.4 is 5.32 Å². The fourth-order valence-corrected chi connectivity index (χ4v) is 2.27. The number of imidazole rings is 1. The monoisotopic (exact) mass is 261 g/mol. The first-order valence-electron chi connectivity index (χ1n) is 6.59. The Morgan fingerprint density at radius 1 is 1.42 bits per heavy atom. The number of hydrogen-bond acceptors (Lipinski definition) is 2. The Labute approximate surface area is 113 Å². The summed E-state index contributed by atoms with van der Waals surface area (Å²) in [5, 5.41) is 3.51. The van der Waals surface area contributed by atoms with Crippen molar-refractivity contribution in [3.8, 4) is 0 Å². The van der Waals surface area contributed by atoms with Crippen LogP contribution in [0.25, 0.3) is 0 Å². The number of halogens is 1. The molecular formula is C15H20FN3. The normalized spacial score (nSPS) is 12.6. The van der Waals surface area contributed by atoms with Gasteiger partial charge in [-0.3, -0.25) is 0 Å². The molecule has 1 heterocycles. The van der Waals surface area contributed by atoms with Crippen molar-refractivity contribution in [3.63, 3.8) is 0 Å². The maximum absolute atomic E-state index is 13.2. The molecule has 0 radical (unpaired) electrons. The third-order valence-electron chi connectivity index (χ3n) is 3.29. The van der Waals surface area contributed by atoms with E-state index >= 15 is 0 Å². The SMILES string of the molecule is CCCNC(c1ccc(F)cc1C)c1cncn1C. The maximum Gasteiger partial charge on any atom is 0.123 e. The molecule has 2 aromatic rings. The van der Waals surface area contributed by atoms with E-state index in [1.807, 2.05) is 30.8 Å². The molecule has 0 aliphatic carbocycles. The maximum atomic E-state index is 13.2. The Hall–Kier alpha value is -1.68. The average Bonchev–Trinajstić information content (AvgIpc) is 2.78. The summed E-state index contributed by atoms with van der Waals surface area (Å²) in [6.45, 7) is 4.98. The molecule has 4 heteroatoms. The molecule has 1 unspecified atom stereocenters. The Kier molecular flexibility index (Phi) is 4.32. The Bertz CT molecular complexity index is 548. The van der Waals surface area contributed by atoms with E-state index in [0.29, 0.717) is 0 Å². The van der Waals surface area contributed by atoms with Crippen molar-refractivity contribution in [1.82, 2.24) is 14.9 Å². The van der Waals surface area contributed by atoms with E-state index < -0.39 is 0 Å². The molecule has 0 fully saturated rings. The summed E-state index contributed by atoms with van der Waals surface area (Å²) in [6.07, 6.45) is 4.69. The molecule has 1 N–H and O–H groups in total. The van der Waals surface area contributed by atoms with Crippen molar-refractivity contribution in [2.45, 2.75) is 26.3 Å². The predicted octanol–water partition coefficient (Wildman–Crippen LogP) is 2.96. The van der Waals surface area contributed by atoms with E-state index in [2.05, 4.69) is 17.2 Å². The fourth-order valence-electron chi connectivity index (χ4n) is 2.27. The molecule has 19 heavy (non-hydrogen) atoms. The minimum Gasteiger partial charge on any atom is -0.336 e. The van der Waals surface area contributed by atoms with Crippen LogP contribution in [-0.4, -0.2) is 16.1 Å². The molecular weight excluding hydrogens is 241 g/mol. The number of nitrogens with zero attached hydrogens (tertiary/aromatic N) is 2. The van der Waals surface area contributed by atoms with Gasteiger partial charge in [0.05, 0.1) is 24.3 Å². The van der Waals surface area contributed by atoms with Crippen LogP contribution in [0.15, 0.2) is 30.7 Å². The minimum absolute atomic E-state index is 0.0491. The zero-order chi connectivity index (χ0) is 13.8. The highest BCUT2D eigenvalue weighted by atomic mass is 19.1. The van der Waals surface area contributed by atoms with Gasteiger partial charge in [0.25, 0.3) is 0 Å². The van der Waals surface area contributed by atoms with Gasteiger partial charge < -0.3 is 9.88 Å². The van der Waals surface area contributed by atoms with Crippen LogP contribution in [0.5, 0.6) is 0 Å². The third-order valence-corrected chi connectivity index (χ3v) is 3.29. The van der Waals surface area contributed by atoms with Gasteiger partial charge in [0.2, 0.25) is 0 Å². The number of aromatic nitrogens is 2. The largest absolute Gasteiger partial charge is 0.336 e. The molecule has 2 rings (SSSR count). The molecule has 0 saturated carbocycles. The molecule has 0 aliphatic heterocycles. The second kappa shape index (κ2) is 5.97. The lowest BCUT2D eigenvalue weighted by atomic mass is 9.98. The van der Waals surface area contributed by atoms with Crippen molar-refractivity contribution < 1.29 is 4.39 Å². The third kappa shape index (κ3) is 3.01. The molecule has 3 nitrogen and oxygen atoms in total. The number of aryl methyl sites for hydroxylation is 2. The summed E-state index contributed by atoms with van der Waals surface area (Å²) >= 11 is 0. The minimum atomic E-state index is -0.194. The highest BCUT2D eigenvalue weighted by Gasteiger charge is 2.18. The second-order valence-corrected chi connectivity index (χ2v) is 4.82. The van der Waals surface area contributed by atoms with Crippen molar-refractivity contribution in [3.05, 3.63) is 53.4 Å². The van der Waals surface area contributed by atoms with E-state index in [-0.39, 0.29) is 11.9 Å². The lowest BCUT2D eigenvalue weighted by Gasteiger charge is -2.21. The van der Waals surface area contributed by atoms with Gasteiger partial charge in [0.15, 0.2) is 0 Å². The summed E-state index contributed by atoms with van der Waals surface area (Å²) < 4.78 is 15.2. The van der Waals surface area contributed by atoms with Gasteiger partial charge in [-0.1, -0.05) is 13.0 Å². The summed E-state index contributed by atoms with van der Waals surface area (Å²) in [5.74, 6) is -0.194. The Morgan fingerprint density at radius 2 is 2.21 bits per heavy atom. The molecule has 1 atom stereocenters. The molecule has 0 spiro atoms. The fraction of sp³-hybridized carbons (Fsp3) is 0.400. The van der Waals surface area contributed by atoms with E-state index in [9.17, 15) is 4.39 Å². The average molecular weight is 261 g/mol. The van der Waals surface area contributed by atoms with E-state index in [4.69, 9.17) is 0 Å². The van der Waals surface area contributed by atoms with Gasteiger partial charge >= 0.3 is 0 Å². The molecule has 1 aromatic heterocycles. The zero-order valence-electron chi connectivity index (χ0n) is 11.7. The van der Waals surface area contributed by atoms with E-state index in [0.717, 1.165) is 29.8 Å². The molecule has 0 amide bonds. The second-order valence-electron chi connectivity index (χ2n) is 4.82. The van der Waals surface area contributed by atoms with E-state index in [1.54, 1.807) is 12.4 Å². The summed E-state index contributed by atoms with van der Waals surface area (Å²) in [7, 11) is 1.97. The number of nitrogens with one attached hydrogen (secondary N) is 1. The Balaban J connectivity index is 2.40. The Morgan fingerprint density at radius 3 is 2.79 bits per heavy atom. The number of hydrogen-bond donors (Lipinski definition) is 1. The number of rotatable bonds is 5. The highest BCUT2D eigenvalue weighted by Crippen LogP contribution is 2.25. The first-order chi connectivity index (χ1) is 9.13. The standard InChI is InChI=1S/C15H20FN3/c1-4-7-18-15(14-9-17-10-19(14)3)13-6-5-12(16)8-11(13)2/h5-6,8-10,15,18H,4,7H2,1-3H3. The quantitative estimate of drug-likeness (QED) is 0.896. The van der Waals surface area contributed by atoms with Gasteiger partial charge in [-0.25, -0.2) is 9.37 Å². The lowest BCUT2D eigenvalue weighted by molar-refractivity contribution is 0.564. The van der Waals surface area contributed by atoms with Crippen LogP contribution in [0.4, 0.5) is 4.39 Å². The van der Waals surface area contributed by atoms with Crippen molar-refractivity contribution in [1.29, 1.82) is 0 Å². The van der Waals surface area contributed by atoms with Gasteiger partial charge in [-0.05, 0) is 43.1 Å². The topological polar surface area (TPSA) is 29.9 Å². The molecule has 1 aromatic carbocycles. The van der Waals surface area contributed by atoms with Crippen LogP contribution in [0.1, 0.15) is 36.2 Å². The van der Waals surface area contributed by atoms with Crippen LogP contribution in [0.2, 0.25) is 0 Å². The van der Waals surface area contributed by atoms with Crippen LogP contribution in [0.3, 0.4) is 0 Å². The lowest BCUT2D eigenvalue weighted by Crippen LogP contribution is -2.25. The predicted molar refractivity (Wildman–Crippen MR) is 74.5 cm³/mol. The highest BCUT2D eigenvalue weighted by molar-refractivity contribution is 5.34. The zero-order valence-corrected chi connectivity index (χ0v) is 11.7. The smallest absolute Gasteiger partial charge is 0.123 e. The van der Waals surface area contributed by atoms with E-state index in [1.165, 1.54) is 6.07 Å². The van der Waals surface area contributed by atoms with Gasteiger partial charge in [-0.15, -0.1) is 0 Å². The van der Waals surface area contributed by atoms with Gasteiger partial charge in [0, 0.05) is 7.05 Å².